The SMILES string of the molecule is COC(=O)CCCOc1ccc(C)cc1CNC(C)C. The van der Waals surface area contributed by atoms with Gasteiger partial charge < -0.3 is 14.8 Å². The lowest BCUT2D eigenvalue weighted by Crippen LogP contribution is -2.22. The fraction of sp³-hybridized carbons (Fsp3) is 0.562. The zero-order valence-corrected chi connectivity index (χ0v) is 12.9. The average molecular weight is 279 g/mol. The first-order valence-corrected chi connectivity index (χ1v) is 7.05. The van der Waals surface area contributed by atoms with Crippen LogP contribution in [0.1, 0.15) is 37.8 Å². The van der Waals surface area contributed by atoms with Crippen molar-refractivity contribution in [3.8, 4) is 5.75 Å². The van der Waals surface area contributed by atoms with Gasteiger partial charge in [-0.1, -0.05) is 31.5 Å². The zero-order chi connectivity index (χ0) is 15.0. The molecule has 0 unspecified atom stereocenters. The fourth-order valence-corrected chi connectivity index (χ4v) is 1.80. The minimum absolute atomic E-state index is 0.195. The van der Waals surface area contributed by atoms with Gasteiger partial charge in [0.1, 0.15) is 5.75 Å². The average Bonchev–Trinajstić information content (AvgIpc) is 2.42. The molecule has 0 radical (unpaired) electrons. The molecule has 0 aromatic heterocycles. The summed E-state index contributed by atoms with van der Waals surface area (Å²) in [4.78, 5) is 11.0. The lowest BCUT2D eigenvalue weighted by atomic mass is 10.1. The van der Waals surface area contributed by atoms with Crippen molar-refractivity contribution in [1.29, 1.82) is 0 Å². The molecule has 0 aliphatic rings. The quantitative estimate of drug-likeness (QED) is 0.587. The summed E-state index contributed by atoms with van der Waals surface area (Å²) in [5, 5.41) is 3.39. The summed E-state index contributed by atoms with van der Waals surface area (Å²) < 4.78 is 10.4. The molecular formula is C16H25NO3. The van der Waals surface area contributed by atoms with Crippen LogP contribution >= 0.6 is 0 Å². The predicted molar refractivity (Wildman–Crippen MR) is 79.9 cm³/mol. The van der Waals surface area contributed by atoms with Crippen molar-refractivity contribution in [2.75, 3.05) is 13.7 Å². The maximum Gasteiger partial charge on any atom is 0.305 e. The molecule has 1 rings (SSSR count). The summed E-state index contributed by atoms with van der Waals surface area (Å²) in [5.41, 5.74) is 2.37. The molecule has 1 aromatic carbocycles. The van der Waals surface area contributed by atoms with Crippen molar-refractivity contribution in [3.63, 3.8) is 0 Å². The van der Waals surface area contributed by atoms with Crippen LogP contribution in [-0.2, 0) is 16.1 Å². The first-order valence-electron chi connectivity index (χ1n) is 7.05. The number of nitrogens with one attached hydrogen (secondary N) is 1. The molecule has 0 bridgehead atoms. The topological polar surface area (TPSA) is 47.6 Å². The molecule has 1 N–H and O–H groups in total. The van der Waals surface area contributed by atoms with Gasteiger partial charge in [-0.2, -0.15) is 0 Å². The Morgan fingerprint density at radius 3 is 2.75 bits per heavy atom. The highest BCUT2D eigenvalue weighted by molar-refractivity contribution is 5.69. The molecule has 20 heavy (non-hydrogen) atoms. The van der Waals surface area contributed by atoms with Crippen molar-refractivity contribution in [2.45, 2.75) is 46.2 Å². The van der Waals surface area contributed by atoms with E-state index in [1.165, 1.54) is 12.7 Å². The van der Waals surface area contributed by atoms with Crippen molar-refractivity contribution in [3.05, 3.63) is 29.3 Å². The molecule has 0 atom stereocenters. The molecule has 4 heteroatoms. The van der Waals surface area contributed by atoms with Gasteiger partial charge in [0.25, 0.3) is 0 Å². The van der Waals surface area contributed by atoms with E-state index in [0.29, 0.717) is 25.5 Å². The zero-order valence-electron chi connectivity index (χ0n) is 12.9. The van der Waals surface area contributed by atoms with Crippen molar-refractivity contribution >= 4 is 5.97 Å². The number of carbonyl (C=O) groups excluding carboxylic acids is 1. The van der Waals surface area contributed by atoms with E-state index in [9.17, 15) is 4.79 Å². The summed E-state index contributed by atoms with van der Waals surface area (Å²) in [5.74, 6) is 0.688. The van der Waals surface area contributed by atoms with E-state index in [1.54, 1.807) is 0 Å². The van der Waals surface area contributed by atoms with E-state index in [1.807, 2.05) is 12.1 Å². The van der Waals surface area contributed by atoms with Crippen LogP contribution in [0.15, 0.2) is 18.2 Å². The minimum Gasteiger partial charge on any atom is -0.493 e. The minimum atomic E-state index is -0.195. The molecule has 0 spiro atoms. The number of carbonyl (C=O) groups is 1. The van der Waals surface area contributed by atoms with Gasteiger partial charge in [-0.15, -0.1) is 0 Å². The summed E-state index contributed by atoms with van der Waals surface area (Å²) in [6.45, 7) is 7.61. The Balaban J connectivity index is 2.53. The molecule has 0 amide bonds. The first kappa shape index (κ1) is 16.5. The second-order valence-electron chi connectivity index (χ2n) is 5.17. The summed E-state index contributed by atoms with van der Waals surface area (Å²) in [6.07, 6.45) is 1.06. The molecule has 0 aliphatic heterocycles. The van der Waals surface area contributed by atoms with E-state index in [0.717, 1.165) is 17.9 Å². The number of benzene rings is 1. The van der Waals surface area contributed by atoms with E-state index in [-0.39, 0.29) is 5.97 Å². The second kappa shape index (κ2) is 8.59. The highest BCUT2D eigenvalue weighted by Gasteiger charge is 2.06. The van der Waals surface area contributed by atoms with Crippen LogP contribution in [0.4, 0.5) is 0 Å². The molecule has 0 fully saturated rings. The monoisotopic (exact) mass is 279 g/mol. The normalized spacial score (nSPS) is 10.7. The third-order valence-corrected chi connectivity index (χ3v) is 2.93. The summed E-state index contributed by atoms with van der Waals surface area (Å²) in [7, 11) is 1.40. The third-order valence-electron chi connectivity index (χ3n) is 2.93. The van der Waals surface area contributed by atoms with Crippen LogP contribution < -0.4 is 10.1 Å². The summed E-state index contributed by atoms with van der Waals surface area (Å²) in [6, 6.07) is 6.59. The standard InChI is InChI=1S/C16H25NO3/c1-12(2)17-11-14-10-13(3)7-8-15(14)20-9-5-6-16(18)19-4/h7-8,10,12,17H,5-6,9,11H2,1-4H3. The van der Waals surface area contributed by atoms with Crippen molar-refractivity contribution < 1.29 is 14.3 Å². The number of ether oxygens (including phenoxy) is 2. The molecule has 0 aliphatic carbocycles. The predicted octanol–water partition coefficient (Wildman–Crippen LogP) is 2.83. The van der Waals surface area contributed by atoms with Gasteiger partial charge in [-0.05, 0) is 19.4 Å². The van der Waals surface area contributed by atoms with Crippen LogP contribution in [0, 0.1) is 6.92 Å². The van der Waals surface area contributed by atoms with Crippen LogP contribution in [0.3, 0.4) is 0 Å². The largest absolute Gasteiger partial charge is 0.493 e. The molecule has 112 valence electrons. The van der Waals surface area contributed by atoms with Crippen LogP contribution in [0.5, 0.6) is 5.75 Å². The van der Waals surface area contributed by atoms with Crippen LogP contribution in [0.25, 0.3) is 0 Å². The van der Waals surface area contributed by atoms with E-state index in [2.05, 4.69) is 36.9 Å². The first-order chi connectivity index (χ1) is 9.52. The summed E-state index contributed by atoms with van der Waals surface area (Å²) >= 11 is 0. The maximum atomic E-state index is 11.0. The Morgan fingerprint density at radius 1 is 1.35 bits per heavy atom. The molecule has 0 saturated heterocycles. The molecule has 0 heterocycles. The Hall–Kier alpha value is -1.55. The van der Waals surface area contributed by atoms with E-state index < -0.39 is 0 Å². The lowest BCUT2D eigenvalue weighted by Gasteiger charge is -2.14. The number of aryl methyl sites for hydroxylation is 1. The molecule has 4 nitrogen and oxygen atoms in total. The third kappa shape index (κ3) is 6.06. The number of methoxy groups -OCH3 is 1. The Labute approximate surface area is 121 Å². The Kier molecular flexibility index (Phi) is 7.09. The van der Waals surface area contributed by atoms with Gasteiger partial charge in [-0.25, -0.2) is 0 Å². The number of hydrogen-bond donors (Lipinski definition) is 1. The number of esters is 1. The molecular weight excluding hydrogens is 254 g/mol. The van der Waals surface area contributed by atoms with Crippen molar-refractivity contribution in [1.82, 2.24) is 5.32 Å². The highest BCUT2D eigenvalue weighted by Crippen LogP contribution is 2.20. The Morgan fingerprint density at radius 2 is 2.10 bits per heavy atom. The van der Waals surface area contributed by atoms with Gasteiger partial charge in [0.05, 0.1) is 13.7 Å². The van der Waals surface area contributed by atoms with E-state index >= 15 is 0 Å². The highest BCUT2D eigenvalue weighted by atomic mass is 16.5. The van der Waals surface area contributed by atoms with Crippen molar-refractivity contribution in [2.24, 2.45) is 0 Å². The van der Waals surface area contributed by atoms with Gasteiger partial charge in [0.2, 0.25) is 0 Å². The lowest BCUT2D eigenvalue weighted by molar-refractivity contribution is -0.140. The molecule has 0 saturated carbocycles. The van der Waals surface area contributed by atoms with Gasteiger partial charge in [0.15, 0.2) is 0 Å². The Bertz CT molecular complexity index is 430. The smallest absolute Gasteiger partial charge is 0.305 e. The fourth-order valence-electron chi connectivity index (χ4n) is 1.80. The van der Waals surface area contributed by atoms with Gasteiger partial charge in [-0.3, -0.25) is 4.79 Å². The van der Waals surface area contributed by atoms with Gasteiger partial charge in [0, 0.05) is 24.6 Å². The van der Waals surface area contributed by atoms with E-state index in [4.69, 9.17) is 4.74 Å². The number of rotatable bonds is 8. The number of hydrogen-bond acceptors (Lipinski definition) is 4. The van der Waals surface area contributed by atoms with Crippen LogP contribution in [0.2, 0.25) is 0 Å². The van der Waals surface area contributed by atoms with Crippen LogP contribution in [-0.4, -0.2) is 25.7 Å². The van der Waals surface area contributed by atoms with Gasteiger partial charge >= 0.3 is 5.97 Å². The second-order valence-corrected chi connectivity index (χ2v) is 5.17. The molecule has 1 aromatic rings. The maximum absolute atomic E-state index is 11.0.